The van der Waals surface area contributed by atoms with Crippen LogP contribution in [0.25, 0.3) is 16.7 Å². The first-order chi connectivity index (χ1) is 8.05. The molecule has 2 heterocycles. The number of fused-ring (bicyclic) bond motifs is 1. The number of rotatable bonds is 1. The zero-order valence-corrected chi connectivity index (χ0v) is 8.42. The van der Waals surface area contributed by atoms with E-state index in [2.05, 4.69) is 15.0 Å². The van der Waals surface area contributed by atoms with Gasteiger partial charge in [0.2, 0.25) is 0 Å². The van der Waals surface area contributed by atoms with Crippen molar-refractivity contribution in [1.29, 1.82) is 0 Å². The van der Waals surface area contributed by atoms with E-state index in [4.69, 9.17) is 0 Å². The normalized spacial score (nSPS) is 14.9. The number of aromatic nitrogens is 3. The highest BCUT2D eigenvalue weighted by Gasteiger charge is 2.34. The van der Waals surface area contributed by atoms with Gasteiger partial charge in [-0.2, -0.15) is 13.2 Å². The van der Waals surface area contributed by atoms with Crippen LogP contribution in [0.1, 0.15) is 11.4 Å². The van der Waals surface area contributed by atoms with Crippen LogP contribution in [0.4, 0.5) is 13.2 Å². The van der Waals surface area contributed by atoms with E-state index in [1.54, 1.807) is 18.2 Å². The van der Waals surface area contributed by atoms with Crippen molar-refractivity contribution in [2.24, 2.45) is 0 Å². The van der Waals surface area contributed by atoms with Gasteiger partial charge in [0, 0.05) is 11.8 Å². The third-order valence-electron chi connectivity index (χ3n) is 2.52. The smallest absolute Gasteiger partial charge is 0.323 e. The zero-order chi connectivity index (χ0) is 12.0. The Kier molecular flexibility index (Phi) is 1.89. The topological polar surface area (TPSA) is 41.6 Å². The summed E-state index contributed by atoms with van der Waals surface area (Å²) in [7, 11) is 0. The SMILES string of the molecule is FC(F)(F)c1ccnc2[nH]c(C3=CC=C3)nc12. The van der Waals surface area contributed by atoms with E-state index >= 15 is 0 Å². The molecule has 17 heavy (non-hydrogen) atoms. The van der Waals surface area contributed by atoms with Crippen LogP contribution in [0, 0.1) is 0 Å². The van der Waals surface area contributed by atoms with Crippen LogP contribution in [0.3, 0.4) is 0 Å². The zero-order valence-electron chi connectivity index (χ0n) is 8.42. The molecular formula is C11H6F3N3. The van der Waals surface area contributed by atoms with Crippen molar-refractivity contribution in [3.8, 4) is 0 Å². The summed E-state index contributed by atoms with van der Waals surface area (Å²) in [5.41, 5.74) is 0.0113. The molecule has 0 unspecified atom stereocenters. The highest BCUT2D eigenvalue weighted by atomic mass is 19.4. The number of alkyl halides is 3. The van der Waals surface area contributed by atoms with Crippen LogP contribution in [-0.2, 0) is 6.18 Å². The molecule has 0 atom stereocenters. The molecule has 6 heteroatoms. The molecule has 1 aliphatic carbocycles. The Morgan fingerprint density at radius 2 is 2.00 bits per heavy atom. The molecular weight excluding hydrogens is 231 g/mol. The van der Waals surface area contributed by atoms with Gasteiger partial charge in [0.15, 0.2) is 5.65 Å². The maximum Gasteiger partial charge on any atom is 0.418 e. The van der Waals surface area contributed by atoms with Crippen molar-refractivity contribution in [2.75, 3.05) is 0 Å². The van der Waals surface area contributed by atoms with Crippen LogP contribution in [-0.4, -0.2) is 15.0 Å². The largest absolute Gasteiger partial charge is 0.418 e. The summed E-state index contributed by atoms with van der Waals surface area (Å²) in [6, 6.07) is 0.929. The minimum absolute atomic E-state index is 0.142. The number of nitrogens with one attached hydrogen (secondary N) is 1. The van der Waals surface area contributed by atoms with Gasteiger partial charge in [0.25, 0.3) is 0 Å². The van der Waals surface area contributed by atoms with E-state index < -0.39 is 11.7 Å². The molecule has 3 nitrogen and oxygen atoms in total. The van der Waals surface area contributed by atoms with Gasteiger partial charge in [-0.3, -0.25) is 0 Å². The summed E-state index contributed by atoms with van der Waals surface area (Å²) in [6.07, 6.45) is 2.03. The first-order valence-corrected chi connectivity index (χ1v) is 4.86. The van der Waals surface area contributed by atoms with Gasteiger partial charge < -0.3 is 4.98 Å². The number of imidazole rings is 1. The number of hydrogen-bond donors (Lipinski definition) is 1. The lowest BCUT2D eigenvalue weighted by molar-refractivity contribution is -0.136. The Balaban J connectivity index is 2.21. The highest BCUT2D eigenvalue weighted by molar-refractivity contribution is 5.84. The second-order valence-electron chi connectivity index (χ2n) is 3.62. The number of aromatic amines is 1. The van der Waals surface area contributed by atoms with Crippen LogP contribution in [0.2, 0.25) is 0 Å². The standard InChI is InChI=1S/C11H6F3N3/c12-11(13,14)7-4-5-15-10-8(7)16-9(17-10)6-2-1-3-6/h1-5H,(H,15,16,17). The van der Waals surface area contributed by atoms with E-state index in [-0.39, 0.29) is 11.2 Å². The van der Waals surface area contributed by atoms with Gasteiger partial charge in [0.1, 0.15) is 11.3 Å². The lowest BCUT2D eigenvalue weighted by Gasteiger charge is -2.05. The number of H-pyrrole nitrogens is 1. The van der Waals surface area contributed by atoms with Gasteiger partial charge >= 0.3 is 6.18 Å². The Morgan fingerprint density at radius 3 is 2.59 bits per heavy atom. The van der Waals surface area contributed by atoms with Gasteiger partial charge in [-0.15, -0.1) is 0 Å². The summed E-state index contributed by atoms with van der Waals surface area (Å²) in [5.74, 6) is 0.409. The fourth-order valence-corrected chi connectivity index (χ4v) is 1.63. The monoisotopic (exact) mass is 237 g/mol. The van der Waals surface area contributed by atoms with Crippen molar-refractivity contribution in [1.82, 2.24) is 15.0 Å². The molecule has 0 aliphatic heterocycles. The van der Waals surface area contributed by atoms with Crippen molar-refractivity contribution in [2.45, 2.75) is 6.18 Å². The second kappa shape index (κ2) is 3.19. The molecule has 2 aromatic rings. The second-order valence-corrected chi connectivity index (χ2v) is 3.62. The van der Waals surface area contributed by atoms with Crippen LogP contribution < -0.4 is 0 Å². The van der Waals surface area contributed by atoms with E-state index in [0.717, 1.165) is 17.8 Å². The average molecular weight is 237 g/mol. The third kappa shape index (κ3) is 1.52. The van der Waals surface area contributed by atoms with Crippen molar-refractivity contribution >= 4 is 16.7 Å². The van der Waals surface area contributed by atoms with E-state index in [9.17, 15) is 13.2 Å². The molecule has 0 fully saturated rings. The molecule has 0 amide bonds. The predicted octanol–water partition coefficient (Wildman–Crippen LogP) is 2.93. The number of pyridine rings is 1. The number of hydrogen-bond acceptors (Lipinski definition) is 2. The minimum Gasteiger partial charge on any atom is -0.323 e. The molecule has 0 bridgehead atoms. The maximum atomic E-state index is 12.7. The molecule has 86 valence electrons. The molecule has 1 N–H and O–H groups in total. The molecule has 2 aromatic heterocycles. The fraction of sp³-hybridized carbons (Fsp3) is 0.0909. The fourth-order valence-electron chi connectivity index (χ4n) is 1.63. The van der Waals surface area contributed by atoms with Crippen LogP contribution in [0.5, 0.6) is 0 Å². The number of nitrogens with zero attached hydrogens (tertiary/aromatic N) is 2. The summed E-state index contributed by atoms with van der Waals surface area (Å²) >= 11 is 0. The van der Waals surface area contributed by atoms with Gasteiger partial charge in [-0.1, -0.05) is 18.2 Å². The lowest BCUT2D eigenvalue weighted by atomic mass is 10.1. The third-order valence-corrected chi connectivity index (χ3v) is 2.52. The summed E-state index contributed by atoms with van der Waals surface area (Å²) in [4.78, 5) is 10.6. The van der Waals surface area contributed by atoms with Crippen molar-refractivity contribution in [3.05, 3.63) is 41.9 Å². The average Bonchev–Trinajstić information content (AvgIpc) is 2.55. The van der Waals surface area contributed by atoms with Gasteiger partial charge in [-0.05, 0) is 6.07 Å². The number of halogens is 3. The van der Waals surface area contributed by atoms with E-state index in [1.165, 1.54) is 0 Å². The van der Waals surface area contributed by atoms with Crippen LogP contribution in [0.15, 0.2) is 30.5 Å². The Morgan fingerprint density at radius 1 is 1.24 bits per heavy atom. The predicted molar refractivity (Wildman–Crippen MR) is 56.0 cm³/mol. The van der Waals surface area contributed by atoms with E-state index in [0.29, 0.717) is 5.82 Å². The Bertz CT molecular complexity index is 650. The summed E-state index contributed by atoms with van der Waals surface area (Å²) in [6.45, 7) is 0. The lowest BCUT2D eigenvalue weighted by Crippen LogP contribution is -2.06. The van der Waals surface area contributed by atoms with Gasteiger partial charge in [-0.25, -0.2) is 9.97 Å². The van der Waals surface area contributed by atoms with Crippen molar-refractivity contribution < 1.29 is 13.2 Å². The van der Waals surface area contributed by atoms with Crippen LogP contribution >= 0.6 is 0 Å². The highest BCUT2D eigenvalue weighted by Crippen LogP contribution is 2.34. The Labute approximate surface area is 93.7 Å². The minimum atomic E-state index is -4.42. The van der Waals surface area contributed by atoms with E-state index in [1.807, 2.05) is 0 Å². The summed E-state index contributed by atoms with van der Waals surface area (Å²) < 4.78 is 38.1. The molecule has 1 aliphatic rings. The Hall–Kier alpha value is -2.11. The maximum absolute atomic E-state index is 12.7. The molecule has 0 saturated heterocycles. The number of allylic oxidation sites excluding steroid dienone is 4. The van der Waals surface area contributed by atoms with Gasteiger partial charge in [0.05, 0.1) is 5.56 Å². The van der Waals surface area contributed by atoms with Crippen molar-refractivity contribution in [3.63, 3.8) is 0 Å². The molecule has 0 radical (unpaired) electrons. The molecule has 0 saturated carbocycles. The molecule has 3 rings (SSSR count). The molecule has 0 spiro atoms. The first-order valence-electron chi connectivity index (χ1n) is 4.86. The molecule has 0 aromatic carbocycles. The quantitative estimate of drug-likeness (QED) is 0.828. The summed E-state index contributed by atoms with van der Waals surface area (Å²) in [5, 5.41) is 0. The first kappa shape index (κ1) is 10.1.